The minimum Gasteiger partial charge on any atom is -0.491 e. The molecule has 0 saturated heterocycles. The molecule has 4 heteroatoms. The highest BCUT2D eigenvalue weighted by atomic mass is 16.5. The Morgan fingerprint density at radius 3 is 2.50 bits per heavy atom. The third-order valence-corrected chi connectivity index (χ3v) is 2.87. The van der Waals surface area contributed by atoms with Crippen molar-refractivity contribution < 1.29 is 4.74 Å². The maximum Gasteiger partial charge on any atom is 0.193 e. The summed E-state index contributed by atoms with van der Waals surface area (Å²) in [5.41, 5.74) is 6.77. The summed E-state index contributed by atoms with van der Waals surface area (Å²) in [5.74, 6) is 2.02. The van der Waals surface area contributed by atoms with Crippen LogP contribution >= 0.6 is 0 Å². The Kier molecular flexibility index (Phi) is 3.75. The zero-order chi connectivity index (χ0) is 13.1. The third kappa shape index (κ3) is 3.65. The first-order chi connectivity index (χ1) is 8.54. The molecule has 2 rings (SSSR count). The van der Waals surface area contributed by atoms with Crippen molar-refractivity contribution in [2.45, 2.75) is 39.3 Å². The van der Waals surface area contributed by atoms with E-state index in [-0.39, 0.29) is 6.10 Å². The molecule has 3 N–H and O–H groups in total. The molecule has 0 unspecified atom stereocenters. The summed E-state index contributed by atoms with van der Waals surface area (Å²) >= 11 is 0. The van der Waals surface area contributed by atoms with Gasteiger partial charge in [0.2, 0.25) is 0 Å². The SMILES string of the molecule is CC(C)Oc1ccc(NC(N)=N[C@@H]2C[C@@H]2C)cc1. The van der Waals surface area contributed by atoms with Crippen LogP contribution in [0.3, 0.4) is 0 Å². The molecule has 18 heavy (non-hydrogen) atoms. The molecule has 0 aromatic heterocycles. The number of benzene rings is 1. The first-order valence-electron chi connectivity index (χ1n) is 6.41. The number of hydrogen-bond donors (Lipinski definition) is 2. The van der Waals surface area contributed by atoms with Crippen LogP contribution in [0.1, 0.15) is 27.2 Å². The van der Waals surface area contributed by atoms with Gasteiger partial charge in [0.25, 0.3) is 0 Å². The number of nitrogens with zero attached hydrogens (tertiary/aromatic N) is 1. The van der Waals surface area contributed by atoms with Gasteiger partial charge in [-0.05, 0) is 50.5 Å². The minimum absolute atomic E-state index is 0.187. The molecule has 1 aliphatic rings. The van der Waals surface area contributed by atoms with E-state index in [9.17, 15) is 0 Å². The molecule has 0 aliphatic heterocycles. The fourth-order valence-electron chi connectivity index (χ4n) is 1.73. The van der Waals surface area contributed by atoms with Gasteiger partial charge in [0.15, 0.2) is 5.96 Å². The molecule has 1 saturated carbocycles. The van der Waals surface area contributed by atoms with Crippen molar-refractivity contribution in [3.05, 3.63) is 24.3 Å². The topological polar surface area (TPSA) is 59.6 Å². The van der Waals surface area contributed by atoms with Crippen molar-refractivity contribution >= 4 is 11.6 Å². The highest BCUT2D eigenvalue weighted by molar-refractivity contribution is 5.92. The molecular weight excluding hydrogens is 226 g/mol. The van der Waals surface area contributed by atoms with Crippen molar-refractivity contribution in [1.29, 1.82) is 0 Å². The smallest absolute Gasteiger partial charge is 0.193 e. The van der Waals surface area contributed by atoms with Crippen LogP contribution in [0.2, 0.25) is 0 Å². The molecule has 1 fully saturated rings. The Labute approximate surface area is 108 Å². The predicted molar refractivity (Wildman–Crippen MR) is 75.0 cm³/mol. The lowest BCUT2D eigenvalue weighted by Crippen LogP contribution is -2.23. The lowest BCUT2D eigenvalue weighted by Gasteiger charge is -2.10. The number of ether oxygens (including phenoxy) is 1. The number of rotatable bonds is 4. The molecule has 0 spiro atoms. The number of aliphatic imine (C=N–C) groups is 1. The van der Waals surface area contributed by atoms with Crippen LogP contribution in [0, 0.1) is 5.92 Å². The Morgan fingerprint density at radius 2 is 2.00 bits per heavy atom. The van der Waals surface area contributed by atoms with Crippen LogP contribution in [0.4, 0.5) is 5.69 Å². The molecular formula is C14H21N3O. The van der Waals surface area contributed by atoms with Crippen molar-refractivity contribution in [3.8, 4) is 5.75 Å². The van der Waals surface area contributed by atoms with Gasteiger partial charge in [-0.25, -0.2) is 4.99 Å². The Bertz CT molecular complexity index is 425. The molecule has 98 valence electrons. The van der Waals surface area contributed by atoms with E-state index in [2.05, 4.69) is 17.2 Å². The van der Waals surface area contributed by atoms with Crippen molar-refractivity contribution in [2.24, 2.45) is 16.6 Å². The summed E-state index contributed by atoms with van der Waals surface area (Å²) in [7, 11) is 0. The minimum atomic E-state index is 0.187. The van der Waals surface area contributed by atoms with Crippen LogP contribution in [-0.2, 0) is 0 Å². The second-order valence-electron chi connectivity index (χ2n) is 5.11. The van der Waals surface area contributed by atoms with Crippen LogP contribution < -0.4 is 15.8 Å². The van der Waals surface area contributed by atoms with Gasteiger partial charge in [0, 0.05) is 5.69 Å². The fourth-order valence-corrected chi connectivity index (χ4v) is 1.73. The summed E-state index contributed by atoms with van der Waals surface area (Å²) in [5, 5.41) is 3.09. The number of nitrogens with two attached hydrogens (primary N) is 1. The van der Waals surface area contributed by atoms with Crippen LogP contribution in [0.25, 0.3) is 0 Å². The summed E-state index contributed by atoms with van der Waals surface area (Å²) in [4.78, 5) is 4.39. The number of hydrogen-bond acceptors (Lipinski definition) is 2. The van der Waals surface area contributed by atoms with Crippen LogP contribution in [0.15, 0.2) is 29.3 Å². The van der Waals surface area contributed by atoms with E-state index in [1.54, 1.807) is 0 Å². The standard InChI is InChI=1S/C14H21N3O/c1-9(2)18-12-6-4-11(5-7-12)16-14(15)17-13-8-10(13)3/h4-7,9-10,13H,8H2,1-3H3,(H3,15,16,17)/t10-,13+/m0/s1. The highest BCUT2D eigenvalue weighted by Gasteiger charge is 2.32. The molecule has 0 radical (unpaired) electrons. The molecule has 0 bridgehead atoms. The molecule has 1 aromatic carbocycles. The largest absolute Gasteiger partial charge is 0.491 e. The van der Waals surface area contributed by atoms with E-state index in [0.717, 1.165) is 17.9 Å². The molecule has 0 amide bonds. The maximum absolute atomic E-state index is 5.84. The first-order valence-corrected chi connectivity index (χ1v) is 6.41. The summed E-state index contributed by atoms with van der Waals surface area (Å²) < 4.78 is 5.57. The lowest BCUT2D eigenvalue weighted by molar-refractivity contribution is 0.242. The predicted octanol–water partition coefficient (Wildman–Crippen LogP) is 2.61. The second kappa shape index (κ2) is 5.29. The van der Waals surface area contributed by atoms with Crippen molar-refractivity contribution in [2.75, 3.05) is 5.32 Å². The summed E-state index contributed by atoms with van der Waals surface area (Å²) in [6, 6.07) is 8.14. The van der Waals surface area contributed by atoms with E-state index >= 15 is 0 Å². The highest BCUT2D eigenvalue weighted by Crippen LogP contribution is 2.32. The van der Waals surface area contributed by atoms with E-state index < -0.39 is 0 Å². The van der Waals surface area contributed by atoms with Crippen molar-refractivity contribution in [3.63, 3.8) is 0 Å². The van der Waals surface area contributed by atoms with Gasteiger partial charge < -0.3 is 15.8 Å². The van der Waals surface area contributed by atoms with E-state index in [1.807, 2.05) is 38.1 Å². The Morgan fingerprint density at radius 1 is 1.39 bits per heavy atom. The monoisotopic (exact) mass is 247 g/mol. The van der Waals surface area contributed by atoms with Gasteiger partial charge in [-0.1, -0.05) is 6.92 Å². The maximum atomic E-state index is 5.84. The zero-order valence-corrected chi connectivity index (χ0v) is 11.2. The molecule has 1 aliphatic carbocycles. The van der Waals surface area contributed by atoms with Crippen LogP contribution in [-0.4, -0.2) is 18.1 Å². The second-order valence-corrected chi connectivity index (χ2v) is 5.11. The summed E-state index contributed by atoms with van der Waals surface area (Å²) in [6.07, 6.45) is 1.33. The first kappa shape index (κ1) is 12.7. The van der Waals surface area contributed by atoms with E-state index in [4.69, 9.17) is 10.5 Å². The van der Waals surface area contributed by atoms with E-state index in [0.29, 0.717) is 17.9 Å². The number of anilines is 1. The Balaban J connectivity index is 1.91. The van der Waals surface area contributed by atoms with Crippen LogP contribution in [0.5, 0.6) is 5.75 Å². The van der Waals surface area contributed by atoms with Gasteiger partial charge in [-0.2, -0.15) is 0 Å². The zero-order valence-electron chi connectivity index (χ0n) is 11.2. The van der Waals surface area contributed by atoms with Gasteiger partial charge in [-0.3, -0.25) is 0 Å². The average molecular weight is 247 g/mol. The summed E-state index contributed by atoms with van der Waals surface area (Å²) in [6.45, 7) is 6.20. The fraction of sp³-hybridized carbons (Fsp3) is 0.500. The number of guanidine groups is 1. The van der Waals surface area contributed by atoms with Gasteiger partial charge >= 0.3 is 0 Å². The van der Waals surface area contributed by atoms with Gasteiger partial charge in [-0.15, -0.1) is 0 Å². The molecule has 2 atom stereocenters. The normalized spacial score (nSPS) is 23.0. The Hall–Kier alpha value is -1.71. The molecule has 1 aromatic rings. The van der Waals surface area contributed by atoms with E-state index in [1.165, 1.54) is 0 Å². The number of nitrogens with one attached hydrogen (secondary N) is 1. The van der Waals surface area contributed by atoms with Gasteiger partial charge in [0.05, 0.1) is 12.1 Å². The molecule has 0 heterocycles. The van der Waals surface area contributed by atoms with Gasteiger partial charge in [0.1, 0.15) is 5.75 Å². The third-order valence-electron chi connectivity index (χ3n) is 2.87. The quantitative estimate of drug-likeness (QED) is 0.635. The molecule has 4 nitrogen and oxygen atoms in total. The average Bonchev–Trinajstić information content (AvgIpc) is 2.96. The lowest BCUT2D eigenvalue weighted by atomic mass is 10.3. The van der Waals surface area contributed by atoms with Crippen molar-refractivity contribution in [1.82, 2.24) is 0 Å².